The molecule has 2 heteroatoms. The fourth-order valence-electron chi connectivity index (χ4n) is 1.47. The first-order valence-electron chi connectivity index (χ1n) is 5.89. The Bertz CT molecular complexity index is 134. The van der Waals surface area contributed by atoms with Crippen molar-refractivity contribution in [3.63, 3.8) is 0 Å². The predicted molar refractivity (Wildman–Crippen MR) is 58.2 cm³/mol. The summed E-state index contributed by atoms with van der Waals surface area (Å²) in [4.78, 5) is 11.3. The number of alkyl halides is 1. The molecule has 84 valence electrons. The average Bonchev–Trinajstić information content (AvgIpc) is 2.18. The monoisotopic (exact) mass is 202 g/mol. The van der Waals surface area contributed by atoms with Gasteiger partial charge in [-0.2, -0.15) is 0 Å². The predicted octanol–water partition coefficient (Wildman–Crippen LogP) is 4.06. The first kappa shape index (κ1) is 13.6. The summed E-state index contributed by atoms with van der Waals surface area (Å²) in [6, 6.07) is 0. The number of unbranched alkanes of at least 4 members (excludes halogenated alkanes) is 5. The molecule has 0 N–H and O–H groups in total. The highest BCUT2D eigenvalue weighted by molar-refractivity contribution is 5.78. The van der Waals surface area contributed by atoms with E-state index in [1.54, 1.807) is 0 Å². The molecule has 0 bridgehead atoms. The van der Waals surface area contributed by atoms with E-state index in [4.69, 9.17) is 0 Å². The maximum Gasteiger partial charge on any atom is 0.132 e. The van der Waals surface area contributed by atoms with Crippen molar-refractivity contribution in [2.24, 2.45) is 0 Å². The Morgan fingerprint density at radius 1 is 0.929 bits per heavy atom. The van der Waals surface area contributed by atoms with Crippen LogP contribution >= 0.6 is 0 Å². The number of carbonyl (C=O) groups is 1. The van der Waals surface area contributed by atoms with Gasteiger partial charge in [-0.1, -0.05) is 32.6 Å². The van der Waals surface area contributed by atoms with Gasteiger partial charge in [-0.25, -0.2) is 0 Å². The summed E-state index contributed by atoms with van der Waals surface area (Å²) < 4.78 is 11.7. The van der Waals surface area contributed by atoms with Crippen LogP contribution in [0.5, 0.6) is 0 Å². The van der Waals surface area contributed by atoms with E-state index in [-0.39, 0.29) is 6.67 Å². The smallest absolute Gasteiger partial charge is 0.132 e. The van der Waals surface area contributed by atoms with Crippen LogP contribution in [0, 0.1) is 0 Å². The molecule has 14 heavy (non-hydrogen) atoms. The summed E-state index contributed by atoms with van der Waals surface area (Å²) in [5, 5.41) is 0. The van der Waals surface area contributed by atoms with Crippen LogP contribution in [-0.2, 0) is 4.79 Å². The minimum atomic E-state index is -0.218. The van der Waals surface area contributed by atoms with Crippen molar-refractivity contribution in [3.8, 4) is 0 Å². The minimum absolute atomic E-state index is 0.218. The summed E-state index contributed by atoms with van der Waals surface area (Å²) in [7, 11) is 0. The summed E-state index contributed by atoms with van der Waals surface area (Å²) in [5.41, 5.74) is 0. The molecule has 0 radical (unpaired) electrons. The van der Waals surface area contributed by atoms with Crippen molar-refractivity contribution in [1.82, 2.24) is 0 Å². The summed E-state index contributed by atoms with van der Waals surface area (Å²) >= 11 is 0. The lowest BCUT2D eigenvalue weighted by molar-refractivity contribution is -0.119. The van der Waals surface area contributed by atoms with Crippen LogP contribution < -0.4 is 0 Å². The number of rotatable bonds is 10. The van der Waals surface area contributed by atoms with Gasteiger partial charge in [0.25, 0.3) is 0 Å². The average molecular weight is 202 g/mol. The van der Waals surface area contributed by atoms with Gasteiger partial charge in [0.05, 0.1) is 6.67 Å². The Labute approximate surface area is 87.1 Å². The number of halogens is 1. The maximum absolute atomic E-state index is 11.7. The molecule has 0 unspecified atom stereocenters. The van der Waals surface area contributed by atoms with E-state index >= 15 is 0 Å². The molecule has 0 saturated carbocycles. The fraction of sp³-hybridized carbons (Fsp3) is 0.917. The van der Waals surface area contributed by atoms with E-state index in [9.17, 15) is 9.18 Å². The molecular formula is C12H23FO. The van der Waals surface area contributed by atoms with E-state index in [2.05, 4.69) is 6.92 Å². The molecule has 1 nitrogen and oxygen atoms in total. The van der Waals surface area contributed by atoms with Crippen molar-refractivity contribution in [2.75, 3.05) is 6.67 Å². The highest BCUT2D eigenvalue weighted by Gasteiger charge is 2.00. The fourth-order valence-corrected chi connectivity index (χ4v) is 1.47. The van der Waals surface area contributed by atoms with Crippen molar-refractivity contribution >= 4 is 5.78 Å². The first-order chi connectivity index (χ1) is 6.81. The van der Waals surface area contributed by atoms with Crippen LogP contribution in [0.1, 0.15) is 64.7 Å². The van der Waals surface area contributed by atoms with Crippen LogP contribution in [0.4, 0.5) is 4.39 Å². The second-order valence-electron chi connectivity index (χ2n) is 3.85. The maximum atomic E-state index is 11.7. The Kier molecular flexibility index (Phi) is 10.4. The van der Waals surface area contributed by atoms with E-state index in [0.29, 0.717) is 18.6 Å². The van der Waals surface area contributed by atoms with Gasteiger partial charge >= 0.3 is 0 Å². The largest absolute Gasteiger partial charge is 0.300 e. The normalized spacial score (nSPS) is 10.4. The molecule has 0 aliphatic carbocycles. The second-order valence-corrected chi connectivity index (χ2v) is 3.85. The molecular weight excluding hydrogens is 179 g/mol. The molecule has 0 aliphatic rings. The third-order valence-electron chi connectivity index (χ3n) is 2.40. The van der Waals surface area contributed by atoms with Gasteiger partial charge in [-0.3, -0.25) is 9.18 Å². The highest BCUT2D eigenvalue weighted by atomic mass is 19.1. The van der Waals surface area contributed by atoms with Crippen molar-refractivity contribution in [3.05, 3.63) is 0 Å². The zero-order valence-corrected chi connectivity index (χ0v) is 9.36. The summed E-state index contributed by atoms with van der Waals surface area (Å²) in [6.07, 6.45) is 8.36. The quantitative estimate of drug-likeness (QED) is 0.488. The van der Waals surface area contributed by atoms with Gasteiger partial charge in [0.15, 0.2) is 0 Å². The van der Waals surface area contributed by atoms with Crippen LogP contribution in [-0.4, -0.2) is 12.5 Å². The lowest BCUT2D eigenvalue weighted by Gasteiger charge is -2.00. The third-order valence-corrected chi connectivity index (χ3v) is 2.40. The molecule has 0 aromatic heterocycles. The van der Waals surface area contributed by atoms with Crippen LogP contribution in [0.15, 0.2) is 0 Å². The lowest BCUT2D eigenvalue weighted by atomic mass is 10.1. The standard InChI is InChI=1S/C12H23FO/c1-2-3-6-9-12(14)10-7-4-5-8-11-13/h2-11H2,1H3. The number of hydrogen-bond donors (Lipinski definition) is 0. The van der Waals surface area contributed by atoms with Crippen molar-refractivity contribution in [2.45, 2.75) is 64.7 Å². The van der Waals surface area contributed by atoms with Gasteiger partial charge < -0.3 is 0 Å². The summed E-state index contributed by atoms with van der Waals surface area (Å²) in [5.74, 6) is 0.388. The number of carbonyl (C=O) groups excluding carboxylic acids is 1. The first-order valence-corrected chi connectivity index (χ1v) is 5.89. The van der Waals surface area contributed by atoms with Crippen molar-refractivity contribution < 1.29 is 9.18 Å². The molecule has 0 saturated heterocycles. The zero-order chi connectivity index (χ0) is 10.6. The molecule has 0 spiro atoms. The van der Waals surface area contributed by atoms with E-state index in [0.717, 1.165) is 38.5 Å². The molecule has 0 heterocycles. The lowest BCUT2D eigenvalue weighted by Crippen LogP contribution is -1.97. The number of ketones is 1. The number of hydrogen-bond acceptors (Lipinski definition) is 1. The molecule has 0 aromatic carbocycles. The summed E-state index contributed by atoms with van der Waals surface area (Å²) in [6.45, 7) is 1.92. The van der Waals surface area contributed by atoms with Gasteiger partial charge in [-0.15, -0.1) is 0 Å². The Morgan fingerprint density at radius 3 is 2.07 bits per heavy atom. The minimum Gasteiger partial charge on any atom is -0.300 e. The molecule has 0 fully saturated rings. The van der Waals surface area contributed by atoms with Crippen molar-refractivity contribution in [1.29, 1.82) is 0 Å². The van der Waals surface area contributed by atoms with Gasteiger partial charge in [-0.05, 0) is 19.3 Å². The Morgan fingerprint density at radius 2 is 1.50 bits per heavy atom. The molecule has 0 rings (SSSR count). The molecule has 0 aromatic rings. The Hall–Kier alpha value is -0.400. The molecule has 0 aliphatic heterocycles. The topological polar surface area (TPSA) is 17.1 Å². The third kappa shape index (κ3) is 9.69. The highest BCUT2D eigenvalue weighted by Crippen LogP contribution is 2.07. The zero-order valence-electron chi connectivity index (χ0n) is 9.36. The van der Waals surface area contributed by atoms with Gasteiger partial charge in [0, 0.05) is 12.8 Å². The van der Waals surface area contributed by atoms with Crippen LogP contribution in [0.2, 0.25) is 0 Å². The van der Waals surface area contributed by atoms with Crippen LogP contribution in [0.25, 0.3) is 0 Å². The molecule has 0 amide bonds. The van der Waals surface area contributed by atoms with Gasteiger partial charge in [0.2, 0.25) is 0 Å². The van der Waals surface area contributed by atoms with E-state index < -0.39 is 0 Å². The second kappa shape index (κ2) is 10.7. The number of Topliss-reactive ketones (excluding diaryl/α,β-unsaturated/α-hetero) is 1. The Balaban J connectivity index is 3.10. The SMILES string of the molecule is CCCCCC(=O)CCCCCCF. The van der Waals surface area contributed by atoms with E-state index in [1.807, 2.05) is 0 Å². The molecule has 0 atom stereocenters. The van der Waals surface area contributed by atoms with Crippen LogP contribution in [0.3, 0.4) is 0 Å². The van der Waals surface area contributed by atoms with Gasteiger partial charge in [0.1, 0.15) is 5.78 Å². The van der Waals surface area contributed by atoms with E-state index in [1.165, 1.54) is 6.42 Å².